The van der Waals surface area contributed by atoms with Crippen LogP contribution in [0.15, 0.2) is 24.3 Å². The zero-order valence-electron chi connectivity index (χ0n) is 10.0. The summed E-state index contributed by atoms with van der Waals surface area (Å²) in [6.45, 7) is 5.74. The molecule has 3 heteroatoms. The van der Waals surface area contributed by atoms with Gasteiger partial charge in [-0.15, -0.1) is 0 Å². The summed E-state index contributed by atoms with van der Waals surface area (Å²) >= 11 is 0. The van der Waals surface area contributed by atoms with E-state index in [4.69, 9.17) is 4.74 Å². The summed E-state index contributed by atoms with van der Waals surface area (Å²) in [5.74, 6) is 0.340. The van der Waals surface area contributed by atoms with Gasteiger partial charge in [0, 0.05) is 12.1 Å². The SMILES string of the molecule is CCCC(COc1cccc(F)c1)NCC. The topological polar surface area (TPSA) is 21.3 Å². The number of hydrogen-bond donors (Lipinski definition) is 1. The van der Waals surface area contributed by atoms with Crippen molar-refractivity contribution >= 4 is 0 Å². The van der Waals surface area contributed by atoms with Gasteiger partial charge in [0.2, 0.25) is 0 Å². The van der Waals surface area contributed by atoms with Gasteiger partial charge in [0.15, 0.2) is 0 Å². The van der Waals surface area contributed by atoms with E-state index in [1.807, 2.05) is 0 Å². The number of ether oxygens (including phenoxy) is 1. The summed E-state index contributed by atoms with van der Waals surface area (Å²) in [6, 6.07) is 6.61. The van der Waals surface area contributed by atoms with Crippen LogP contribution in [-0.4, -0.2) is 19.2 Å². The Hall–Kier alpha value is -1.09. The van der Waals surface area contributed by atoms with Crippen molar-refractivity contribution < 1.29 is 9.13 Å². The van der Waals surface area contributed by atoms with Crippen LogP contribution in [0.3, 0.4) is 0 Å². The predicted molar refractivity (Wildman–Crippen MR) is 64.3 cm³/mol. The molecule has 0 bridgehead atoms. The minimum Gasteiger partial charge on any atom is -0.492 e. The number of benzene rings is 1. The van der Waals surface area contributed by atoms with Crippen LogP contribution in [0.1, 0.15) is 26.7 Å². The molecule has 1 atom stereocenters. The van der Waals surface area contributed by atoms with Gasteiger partial charge in [-0.25, -0.2) is 4.39 Å². The Morgan fingerprint density at radius 1 is 1.38 bits per heavy atom. The Balaban J connectivity index is 2.41. The van der Waals surface area contributed by atoms with Gasteiger partial charge < -0.3 is 10.1 Å². The fraction of sp³-hybridized carbons (Fsp3) is 0.538. The second kappa shape index (κ2) is 7.23. The van der Waals surface area contributed by atoms with Gasteiger partial charge in [0.25, 0.3) is 0 Å². The largest absolute Gasteiger partial charge is 0.492 e. The molecular weight excluding hydrogens is 205 g/mol. The van der Waals surface area contributed by atoms with E-state index in [0.717, 1.165) is 19.4 Å². The monoisotopic (exact) mass is 225 g/mol. The average molecular weight is 225 g/mol. The first kappa shape index (κ1) is 13.0. The standard InChI is InChI=1S/C13H20FNO/c1-3-6-12(15-4-2)10-16-13-8-5-7-11(14)9-13/h5,7-9,12,15H,3-4,6,10H2,1-2H3. The number of likely N-dealkylation sites (N-methyl/N-ethyl adjacent to an activating group) is 1. The summed E-state index contributed by atoms with van der Waals surface area (Å²) in [6.07, 6.45) is 2.19. The van der Waals surface area contributed by atoms with Crippen molar-refractivity contribution in [3.05, 3.63) is 30.1 Å². The molecule has 0 aliphatic heterocycles. The Morgan fingerprint density at radius 2 is 2.19 bits per heavy atom. The molecule has 0 fully saturated rings. The summed E-state index contributed by atoms with van der Waals surface area (Å²) in [5.41, 5.74) is 0. The molecule has 1 rings (SSSR count). The van der Waals surface area contributed by atoms with Crippen LogP contribution in [0, 0.1) is 5.82 Å². The van der Waals surface area contributed by atoms with Gasteiger partial charge in [-0.3, -0.25) is 0 Å². The summed E-state index contributed by atoms with van der Waals surface area (Å²) in [7, 11) is 0. The summed E-state index contributed by atoms with van der Waals surface area (Å²) in [5, 5.41) is 3.35. The van der Waals surface area contributed by atoms with Crippen LogP contribution < -0.4 is 10.1 Å². The molecule has 0 aromatic heterocycles. The van der Waals surface area contributed by atoms with Crippen LogP contribution in [0.4, 0.5) is 4.39 Å². The molecule has 90 valence electrons. The van der Waals surface area contributed by atoms with E-state index in [2.05, 4.69) is 19.2 Å². The Kier molecular flexibility index (Phi) is 5.86. The molecule has 0 saturated heterocycles. The highest BCUT2D eigenvalue weighted by molar-refractivity contribution is 5.22. The van der Waals surface area contributed by atoms with Gasteiger partial charge >= 0.3 is 0 Å². The molecule has 1 aromatic carbocycles. The molecule has 0 aliphatic carbocycles. The van der Waals surface area contributed by atoms with Gasteiger partial charge in [0.1, 0.15) is 18.2 Å². The molecule has 0 amide bonds. The van der Waals surface area contributed by atoms with E-state index >= 15 is 0 Å². The lowest BCUT2D eigenvalue weighted by molar-refractivity contribution is 0.256. The molecular formula is C13H20FNO. The highest BCUT2D eigenvalue weighted by atomic mass is 19.1. The average Bonchev–Trinajstić information content (AvgIpc) is 2.27. The van der Waals surface area contributed by atoms with Gasteiger partial charge in [-0.2, -0.15) is 0 Å². The van der Waals surface area contributed by atoms with Crippen molar-refractivity contribution in [1.82, 2.24) is 5.32 Å². The molecule has 1 aromatic rings. The molecule has 0 heterocycles. The Labute approximate surface area is 96.8 Å². The fourth-order valence-corrected chi connectivity index (χ4v) is 1.64. The minimum atomic E-state index is -0.256. The third-order valence-electron chi connectivity index (χ3n) is 2.38. The fourth-order valence-electron chi connectivity index (χ4n) is 1.64. The summed E-state index contributed by atoms with van der Waals surface area (Å²) in [4.78, 5) is 0. The molecule has 0 radical (unpaired) electrons. The molecule has 0 saturated carbocycles. The quantitative estimate of drug-likeness (QED) is 0.770. The van der Waals surface area contributed by atoms with E-state index in [0.29, 0.717) is 18.4 Å². The second-order valence-electron chi connectivity index (χ2n) is 3.81. The van der Waals surface area contributed by atoms with Gasteiger partial charge in [0.05, 0.1) is 0 Å². The lowest BCUT2D eigenvalue weighted by Gasteiger charge is -2.17. The highest BCUT2D eigenvalue weighted by Crippen LogP contribution is 2.12. The van der Waals surface area contributed by atoms with E-state index in [9.17, 15) is 4.39 Å². The maximum atomic E-state index is 12.9. The third-order valence-corrected chi connectivity index (χ3v) is 2.38. The lowest BCUT2D eigenvalue weighted by atomic mass is 10.2. The van der Waals surface area contributed by atoms with Crippen LogP contribution in [0.5, 0.6) is 5.75 Å². The first-order valence-electron chi connectivity index (χ1n) is 5.88. The first-order valence-corrected chi connectivity index (χ1v) is 5.88. The zero-order valence-corrected chi connectivity index (χ0v) is 10.0. The van der Waals surface area contributed by atoms with E-state index < -0.39 is 0 Å². The smallest absolute Gasteiger partial charge is 0.126 e. The molecule has 0 aliphatic rings. The number of nitrogens with one attached hydrogen (secondary N) is 1. The normalized spacial score (nSPS) is 12.4. The van der Waals surface area contributed by atoms with Crippen molar-refractivity contribution in [3.63, 3.8) is 0 Å². The number of rotatable bonds is 7. The number of halogens is 1. The molecule has 1 N–H and O–H groups in total. The third kappa shape index (κ3) is 4.62. The maximum absolute atomic E-state index is 12.9. The second-order valence-corrected chi connectivity index (χ2v) is 3.81. The lowest BCUT2D eigenvalue weighted by Crippen LogP contribution is -2.34. The van der Waals surface area contributed by atoms with Gasteiger partial charge in [-0.1, -0.05) is 26.3 Å². The van der Waals surface area contributed by atoms with Crippen LogP contribution in [-0.2, 0) is 0 Å². The predicted octanol–water partition coefficient (Wildman–Crippen LogP) is 2.98. The van der Waals surface area contributed by atoms with Crippen LogP contribution in [0.2, 0.25) is 0 Å². The summed E-state index contributed by atoms with van der Waals surface area (Å²) < 4.78 is 18.4. The highest BCUT2D eigenvalue weighted by Gasteiger charge is 2.06. The van der Waals surface area contributed by atoms with Crippen molar-refractivity contribution in [2.45, 2.75) is 32.7 Å². The van der Waals surface area contributed by atoms with Crippen molar-refractivity contribution in [1.29, 1.82) is 0 Å². The zero-order chi connectivity index (χ0) is 11.8. The van der Waals surface area contributed by atoms with E-state index in [1.54, 1.807) is 12.1 Å². The Bertz CT molecular complexity index is 298. The van der Waals surface area contributed by atoms with Crippen molar-refractivity contribution in [2.24, 2.45) is 0 Å². The maximum Gasteiger partial charge on any atom is 0.126 e. The van der Waals surface area contributed by atoms with Crippen LogP contribution in [0.25, 0.3) is 0 Å². The molecule has 1 unspecified atom stereocenters. The van der Waals surface area contributed by atoms with Crippen molar-refractivity contribution in [3.8, 4) is 5.75 Å². The van der Waals surface area contributed by atoms with Gasteiger partial charge in [-0.05, 0) is 25.1 Å². The molecule has 0 spiro atoms. The number of hydrogen-bond acceptors (Lipinski definition) is 2. The minimum absolute atomic E-state index is 0.256. The Morgan fingerprint density at radius 3 is 2.81 bits per heavy atom. The van der Waals surface area contributed by atoms with Crippen molar-refractivity contribution in [2.75, 3.05) is 13.2 Å². The molecule has 2 nitrogen and oxygen atoms in total. The van der Waals surface area contributed by atoms with E-state index in [-0.39, 0.29) is 5.82 Å². The molecule has 16 heavy (non-hydrogen) atoms. The van der Waals surface area contributed by atoms with E-state index in [1.165, 1.54) is 12.1 Å². The first-order chi connectivity index (χ1) is 7.76. The van der Waals surface area contributed by atoms with Crippen LogP contribution >= 0.6 is 0 Å².